The van der Waals surface area contributed by atoms with Crippen LogP contribution in [0.25, 0.3) is 0 Å². The van der Waals surface area contributed by atoms with Crippen molar-refractivity contribution in [3.05, 3.63) is 24.3 Å². The van der Waals surface area contributed by atoms with E-state index in [4.69, 9.17) is 0 Å². The first-order valence-corrected chi connectivity index (χ1v) is 4.58. The predicted octanol–water partition coefficient (Wildman–Crippen LogP) is -0.951. The van der Waals surface area contributed by atoms with Gasteiger partial charge in [0, 0.05) is 25.5 Å². The molecule has 2 heterocycles. The molecule has 0 radical (unpaired) electrons. The van der Waals surface area contributed by atoms with Crippen LogP contribution in [0.1, 0.15) is 10.4 Å². The van der Waals surface area contributed by atoms with Crippen molar-refractivity contribution in [2.75, 3.05) is 19.6 Å². The SMILES string of the molecule is O=C1CN(C(=O)c2cncnc2)CCN1. The molecule has 1 aromatic heterocycles. The van der Waals surface area contributed by atoms with Crippen LogP contribution >= 0.6 is 0 Å². The molecule has 0 atom stereocenters. The van der Waals surface area contributed by atoms with E-state index in [1.165, 1.54) is 23.6 Å². The molecular formula is C9H10N4O2. The van der Waals surface area contributed by atoms with Crippen molar-refractivity contribution >= 4 is 11.8 Å². The summed E-state index contributed by atoms with van der Waals surface area (Å²) in [5, 5.41) is 2.65. The number of hydrogen-bond acceptors (Lipinski definition) is 4. The van der Waals surface area contributed by atoms with Gasteiger partial charge in [0.25, 0.3) is 5.91 Å². The number of hydrogen-bond donors (Lipinski definition) is 1. The highest BCUT2D eigenvalue weighted by atomic mass is 16.2. The van der Waals surface area contributed by atoms with Gasteiger partial charge >= 0.3 is 0 Å². The van der Waals surface area contributed by atoms with Gasteiger partial charge in [-0.2, -0.15) is 0 Å². The maximum Gasteiger partial charge on any atom is 0.257 e. The molecule has 0 bridgehead atoms. The Hall–Kier alpha value is -1.98. The molecule has 2 rings (SSSR count). The zero-order valence-corrected chi connectivity index (χ0v) is 8.01. The summed E-state index contributed by atoms with van der Waals surface area (Å²) in [5.41, 5.74) is 0.409. The molecule has 0 spiro atoms. The van der Waals surface area contributed by atoms with Gasteiger partial charge in [-0.1, -0.05) is 0 Å². The second kappa shape index (κ2) is 4.04. The predicted molar refractivity (Wildman–Crippen MR) is 50.9 cm³/mol. The quantitative estimate of drug-likeness (QED) is 0.642. The average Bonchev–Trinajstić information content (AvgIpc) is 2.29. The number of carbonyl (C=O) groups is 2. The Morgan fingerprint density at radius 1 is 1.40 bits per heavy atom. The van der Waals surface area contributed by atoms with Crippen LogP contribution in [-0.4, -0.2) is 46.3 Å². The fourth-order valence-corrected chi connectivity index (χ4v) is 1.40. The Bertz CT molecular complexity index is 379. The number of nitrogens with zero attached hydrogens (tertiary/aromatic N) is 3. The highest BCUT2D eigenvalue weighted by Crippen LogP contribution is 2.03. The third kappa shape index (κ3) is 2.09. The lowest BCUT2D eigenvalue weighted by atomic mass is 10.2. The van der Waals surface area contributed by atoms with Crippen LogP contribution in [0.5, 0.6) is 0 Å². The monoisotopic (exact) mass is 206 g/mol. The van der Waals surface area contributed by atoms with E-state index >= 15 is 0 Å². The van der Waals surface area contributed by atoms with Crippen molar-refractivity contribution in [2.24, 2.45) is 0 Å². The number of amides is 2. The molecule has 15 heavy (non-hydrogen) atoms. The molecule has 1 aliphatic heterocycles. The largest absolute Gasteiger partial charge is 0.353 e. The smallest absolute Gasteiger partial charge is 0.257 e. The van der Waals surface area contributed by atoms with Crippen molar-refractivity contribution in [3.8, 4) is 0 Å². The molecule has 1 N–H and O–H groups in total. The molecule has 6 nitrogen and oxygen atoms in total. The van der Waals surface area contributed by atoms with Crippen LogP contribution in [0.2, 0.25) is 0 Å². The fourth-order valence-electron chi connectivity index (χ4n) is 1.40. The van der Waals surface area contributed by atoms with E-state index in [9.17, 15) is 9.59 Å². The van der Waals surface area contributed by atoms with Gasteiger partial charge in [0.2, 0.25) is 5.91 Å². The van der Waals surface area contributed by atoms with Crippen molar-refractivity contribution in [2.45, 2.75) is 0 Å². The van der Waals surface area contributed by atoms with Crippen LogP contribution in [0.3, 0.4) is 0 Å². The van der Waals surface area contributed by atoms with Gasteiger partial charge in [0.05, 0.1) is 12.1 Å². The Morgan fingerprint density at radius 2 is 2.13 bits per heavy atom. The molecule has 0 unspecified atom stereocenters. The van der Waals surface area contributed by atoms with Crippen LogP contribution in [0.15, 0.2) is 18.7 Å². The topological polar surface area (TPSA) is 75.2 Å². The van der Waals surface area contributed by atoms with E-state index in [2.05, 4.69) is 15.3 Å². The van der Waals surface area contributed by atoms with Gasteiger partial charge in [0.15, 0.2) is 0 Å². The maximum absolute atomic E-state index is 11.8. The summed E-state index contributed by atoms with van der Waals surface area (Å²) in [6, 6.07) is 0. The van der Waals surface area contributed by atoms with Crippen molar-refractivity contribution in [3.63, 3.8) is 0 Å². The lowest BCUT2D eigenvalue weighted by molar-refractivity contribution is -0.123. The minimum Gasteiger partial charge on any atom is -0.353 e. The van der Waals surface area contributed by atoms with Gasteiger partial charge in [-0.05, 0) is 0 Å². The summed E-state index contributed by atoms with van der Waals surface area (Å²) >= 11 is 0. The Kier molecular flexibility index (Phi) is 2.57. The minimum absolute atomic E-state index is 0.105. The van der Waals surface area contributed by atoms with E-state index in [-0.39, 0.29) is 18.4 Å². The summed E-state index contributed by atoms with van der Waals surface area (Å²) in [6.07, 6.45) is 4.25. The second-order valence-electron chi connectivity index (χ2n) is 3.20. The summed E-state index contributed by atoms with van der Waals surface area (Å²) in [5.74, 6) is -0.336. The third-order valence-corrected chi connectivity index (χ3v) is 2.13. The standard InChI is InChI=1S/C9H10N4O2/c14-8-5-13(2-1-12-8)9(15)7-3-10-6-11-4-7/h3-4,6H,1-2,5H2,(H,12,14). The van der Waals surface area contributed by atoms with E-state index in [1.54, 1.807) is 0 Å². The van der Waals surface area contributed by atoms with Crippen LogP contribution in [0.4, 0.5) is 0 Å². The molecule has 0 aromatic carbocycles. The highest BCUT2D eigenvalue weighted by molar-refractivity contribution is 5.96. The van der Waals surface area contributed by atoms with E-state index < -0.39 is 0 Å². The van der Waals surface area contributed by atoms with Gasteiger partial charge in [-0.15, -0.1) is 0 Å². The Balaban J connectivity index is 2.11. The number of nitrogens with one attached hydrogen (secondary N) is 1. The molecule has 6 heteroatoms. The number of rotatable bonds is 1. The molecular weight excluding hydrogens is 196 g/mol. The van der Waals surface area contributed by atoms with Crippen LogP contribution < -0.4 is 5.32 Å². The van der Waals surface area contributed by atoms with E-state index in [1.807, 2.05) is 0 Å². The molecule has 0 saturated carbocycles. The van der Waals surface area contributed by atoms with Crippen molar-refractivity contribution in [1.29, 1.82) is 0 Å². The van der Waals surface area contributed by atoms with E-state index in [0.29, 0.717) is 18.7 Å². The van der Waals surface area contributed by atoms with Crippen LogP contribution in [0, 0.1) is 0 Å². The number of carbonyl (C=O) groups excluding carboxylic acids is 2. The summed E-state index contributed by atoms with van der Waals surface area (Å²) < 4.78 is 0. The zero-order valence-electron chi connectivity index (χ0n) is 8.01. The second-order valence-corrected chi connectivity index (χ2v) is 3.20. The average molecular weight is 206 g/mol. The lowest BCUT2D eigenvalue weighted by Gasteiger charge is -2.26. The Labute approximate surface area is 86.3 Å². The molecule has 1 saturated heterocycles. The lowest BCUT2D eigenvalue weighted by Crippen LogP contribution is -2.50. The number of piperazine rings is 1. The molecule has 0 aliphatic carbocycles. The zero-order chi connectivity index (χ0) is 10.7. The molecule has 78 valence electrons. The molecule has 1 fully saturated rings. The fraction of sp³-hybridized carbons (Fsp3) is 0.333. The molecule has 2 amide bonds. The first-order valence-electron chi connectivity index (χ1n) is 4.58. The van der Waals surface area contributed by atoms with Gasteiger partial charge in [-0.25, -0.2) is 9.97 Å². The van der Waals surface area contributed by atoms with Crippen molar-refractivity contribution < 1.29 is 9.59 Å². The molecule has 1 aliphatic rings. The normalized spacial score (nSPS) is 16.0. The maximum atomic E-state index is 11.8. The van der Waals surface area contributed by atoms with Gasteiger partial charge in [0.1, 0.15) is 6.33 Å². The summed E-state index contributed by atoms with van der Waals surface area (Å²) in [6.45, 7) is 1.13. The van der Waals surface area contributed by atoms with Gasteiger partial charge < -0.3 is 10.2 Å². The molecule has 1 aromatic rings. The summed E-state index contributed by atoms with van der Waals surface area (Å²) in [7, 11) is 0. The number of aromatic nitrogens is 2. The first-order chi connectivity index (χ1) is 7.27. The van der Waals surface area contributed by atoms with Crippen LogP contribution in [-0.2, 0) is 4.79 Å². The Morgan fingerprint density at radius 3 is 2.80 bits per heavy atom. The first kappa shape index (κ1) is 9.57. The van der Waals surface area contributed by atoms with E-state index in [0.717, 1.165) is 0 Å². The van der Waals surface area contributed by atoms with Gasteiger partial charge in [-0.3, -0.25) is 9.59 Å². The highest BCUT2D eigenvalue weighted by Gasteiger charge is 2.22. The van der Waals surface area contributed by atoms with Crippen molar-refractivity contribution in [1.82, 2.24) is 20.2 Å². The summed E-state index contributed by atoms with van der Waals surface area (Å²) in [4.78, 5) is 31.9. The minimum atomic E-state index is -0.203. The third-order valence-electron chi connectivity index (χ3n) is 2.13.